The van der Waals surface area contributed by atoms with Crippen LogP contribution in [0.25, 0.3) is 16.8 Å². The normalized spacial score (nSPS) is 11.3. The quantitative estimate of drug-likeness (QED) is 0.529. The summed E-state index contributed by atoms with van der Waals surface area (Å²) in [5.74, 6) is 0.919. The molecule has 0 fully saturated rings. The summed E-state index contributed by atoms with van der Waals surface area (Å²) < 4.78 is 9.07. The second kappa shape index (κ2) is 7.58. The fraction of sp³-hybridized carbons (Fsp3) is 0.294. The van der Waals surface area contributed by atoms with Gasteiger partial charge in [-0.05, 0) is 0 Å². The number of ether oxygens (including phenoxy) is 1. The van der Waals surface area contributed by atoms with Crippen molar-refractivity contribution in [1.29, 1.82) is 0 Å². The first-order valence-corrected chi connectivity index (χ1v) is 9.69. The van der Waals surface area contributed by atoms with E-state index in [9.17, 15) is 0 Å². The van der Waals surface area contributed by atoms with E-state index in [-0.39, 0.29) is 20.9 Å². The summed E-state index contributed by atoms with van der Waals surface area (Å²) in [5.41, 5.74) is 1.30. The molecule has 0 saturated heterocycles. The molecule has 19 heavy (non-hydrogen) atoms. The third kappa shape index (κ3) is 4.27. The maximum absolute atomic E-state index is 5.25. The average Bonchev–Trinajstić information content (AvgIpc) is 2.46. The summed E-state index contributed by atoms with van der Waals surface area (Å²) in [7, 11) is 1.71. The van der Waals surface area contributed by atoms with E-state index in [1.165, 1.54) is 33.6 Å². The van der Waals surface area contributed by atoms with Crippen LogP contribution in [0.4, 0.5) is 0 Å². The molecule has 0 amide bonds. The Morgan fingerprint density at radius 1 is 1.11 bits per heavy atom. The van der Waals surface area contributed by atoms with Crippen LogP contribution in [0.3, 0.4) is 0 Å². The third-order valence-electron chi connectivity index (χ3n) is 3.04. The van der Waals surface area contributed by atoms with Crippen LogP contribution < -0.4 is 4.74 Å². The summed E-state index contributed by atoms with van der Waals surface area (Å²) in [6, 6.07) is 12.8. The standard InChI is InChI=1S/C17H20OTe/c1-3-4-10-19-11-9-14-5-6-16-13-17(18-2)8-7-15(16)12-14/h5-9,11-13H,3-4,10H2,1-2H3/b11-9-. The van der Waals surface area contributed by atoms with Crippen molar-refractivity contribution >= 4 is 37.8 Å². The zero-order valence-corrected chi connectivity index (χ0v) is 13.9. The molecule has 0 N–H and O–H groups in total. The van der Waals surface area contributed by atoms with Gasteiger partial charge < -0.3 is 0 Å². The fourth-order valence-corrected chi connectivity index (χ4v) is 4.31. The van der Waals surface area contributed by atoms with E-state index >= 15 is 0 Å². The van der Waals surface area contributed by atoms with Crippen LogP contribution >= 0.6 is 0 Å². The summed E-state index contributed by atoms with van der Waals surface area (Å²) in [6.45, 7) is 2.26. The van der Waals surface area contributed by atoms with Crippen LogP contribution in [0.15, 0.2) is 40.5 Å². The molecule has 2 aromatic carbocycles. The van der Waals surface area contributed by atoms with E-state index < -0.39 is 0 Å². The zero-order chi connectivity index (χ0) is 13.5. The molecular weight excluding hydrogens is 348 g/mol. The van der Waals surface area contributed by atoms with Gasteiger partial charge in [-0.3, -0.25) is 0 Å². The van der Waals surface area contributed by atoms with Crippen molar-refractivity contribution in [3.05, 3.63) is 46.1 Å². The van der Waals surface area contributed by atoms with Gasteiger partial charge in [-0.15, -0.1) is 0 Å². The van der Waals surface area contributed by atoms with Crippen LogP contribution in [0, 0.1) is 0 Å². The van der Waals surface area contributed by atoms with Crippen LogP contribution in [0.2, 0.25) is 4.47 Å². The minimum atomic E-state index is 0.0699. The van der Waals surface area contributed by atoms with E-state index in [4.69, 9.17) is 4.74 Å². The van der Waals surface area contributed by atoms with Gasteiger partial charge in [0.1, 0.15) is 0 Å². The van der Waals surface area contributed by atoms with E-state index in [2.05, 4.69) is 47.5 Å². The molecule has 0 unspecified atom stereocenters. The third-order valence-corrected chi connectivity index (χ3v) is 5.48. The summed E-state index contributed by atoms with van der Waals surface area (Å²) in [6.07, 6.45) is 4.97. The summed E-state index contributed by atoms with van der Waals surface area (Å²) in [4.78, 5) is 0. The predicted octanol–water partition coefficient (Wildman–Crippen LogP) is 4.74. The van der Waals surface area contributed by atoms with Crippen molar-refractivity contribution in [3.8, 4) is 5.75 Å². The first kappa shape index (κ1) is 14.4. The molecule has 0 spiro atoms. The molecule has 0 bridgehead atoms. The monoisotopic (exact) mass is 370 g/mol. The van der Waals surface area contributed by atoms with Crippen LogP contribution in [-0.4, -0.2) is 28.0 Å². The van der Waals surface area contributed by atoms with Crippen molar-refractivity contribution in [2.24, 2.45) is 0 Å². The number of unbranched alkanes of at least 4 members (excludes halogenated alkanes) is 1. The molecule has 0 radical (unpaired) electrons. The Kier molecular flexibility index (Phi) is 5.76. The van der Waals surface area contributed by atoms with Gasteiger partial charge in [0.05, 0.1) is 0 Å². The second-order valence-electron chi connectivity index (χ2n) is 4.50. The van der Waals surface area contributed by atoms with Crippen molar-refractivity contribution in [2.45, 2.75) is 24.2 Å². The van der Waals surface area contributed by atoms with E-state index in [0.717, 1.165) is 5.75 Å². The van der Waals surface area contributed by atoms with E-state index in [0.29, 0.717) is 0 Å². The molecule has 0 saturated carbocycles. The van der Waals surface area contributed by atoms with Gasteiger partial charge in [-0.2, -0.15) is 0 Å². The Labute approximate surface area is 125 Å². The molecule has 0 aliphatic rings. The topological polar surface area (TPSA) is 9.23 Å². The number of hydrogen-bond acceptors (Lipinski definition) is 1. The molecule has 100 valence electrons. The van der Waals surface area contributed by atoms with Gasteiger partial charge in [0.2, 0.25) is 0 Å². The van der Waals surface area contributed by atoms with Crippen molar-refractivity contribution < 1.29 is 4.74 Å². The van der Waals surface area contributed by atoms with Gasteiger partial charge in [-0.1, -0.05) is 0 Å². The van der Waals surface area contributed by atoms with Gasteiger partial charge >= 0.3 is 126 Å². The van der Waals surface area contributed by atoms with Crippen LogP contribution in [-0.2, 0) is 0 Å². The number of methoxy groups -OCH3 is 1. The maximum atomic E-state index is 5.25. The average molecular weight is 368 g/mol. The molecule has 0 aromatic heterocycles. The second-order valence-corrected chi connectivity index (χ2v) is 7.39. The first-order chi connectivity index (χ1) is 9.33. The molecule has 0 aliphatic carbocycles. The number of hydrogen-bond donors (Lipinski definition) is 0. The minimum absolute atomic E-state index is 0.0699. The Morgan fingerprint density at radius 3 is 2.68 bits per heavy atom. The first-order valence-electron chi connectivity index (χ1n) is 6.69. The van der Waals surface area contributed by atoms with Gasteiger partial charge in [0.15, 0.2) is 0 Å². The van der Waals surface area contributed by atoms with Gasteiger partial charge in [0, 0.05) is 0 Å². The molecule has 0 atom stereocenters. The van der Waals surface area contributed by atoms with E-state index in [1.54, 1.807) is 7.11 Å². The van der Waals surface area contributed by atoms with Crippen LogP contribution in [0.1, 0.15) is 25.3 Å². The molecule has 2 heteroatoms. The Hall–Kier alpha value is -0.970. The Morgan fingerprint density at radius 2 is 1.89 bits per heavy atom. The van der Waals surface area contributed by atoms with Gasteiger partial charge in [-0.25, -0.2) is 0 Å². The molecule has 2 rings (SSSR count). The molecule has 0 aliphatic heterocycles. The SMILES string of the molecule is CCCC[Te]/C=C\c1ccc2cc(OC)ccc2c1. The van der Waals surface area contributed by atoms with Crippen molar-refractivity contribution in [1.82, 2.24) is 0 Å². The Bertz CT molecular complexity index is 560. The molecule has 2 aromatic rings. The molecule has 1 nitrogen and oxygen atoms in total. The van der Waals surface area contributed by atoms with Crippen LogP contribution in [0.5, 0.6) is 5.75 Å². The zero-order valence-electron chi connectivity index (χ0n) is 11.6. The predicted molar refractivity (Wildman–Crippen MR) is 85.0 cm³/mol. The number of fused-ring (bicyclic) bond motifs is 1. The summed E-state index contributed by atoms with van der Waals surface area (Å²) in [5, 5.41) is 2.51. The number of benzene rings is 2. The van der Waals surface area contributed by atoms with Gasteiger partial charge in [0.25, 0.3) is 0 Å². The Balaban J connectivity index is 2.09. The molecular formula is C17H20OTe. The fourth-order valence-electron chi connectivity index (χ4n) is 1.90. The summed E-state index contributed by atoms with van der Waals surface area (Å²) >= 11 is 0.0699. The molecule has 0 heterocycles. The van der Waals surface area contributed by atoms with Crippen molar-refractivity contribution in [3.63, 3.8) is 0 Å². The number of rotatable bonds is 6. The van der Waals surface area contributed by atoms with Crippen molar-refractivity contribution in [2.75, 3.05) is 7.11 Å². The van der Waals surface area contributed by atoms with E-state index in [1.807, 2.05) is 6.07 Å².